The Bertz CT molecular complexity index is 735. The summed E-state index contributed by atoms with van der Waals surface area (Å²) in [5.41, 5.74) is 15.3. The molecule has 2 aromatic rings. The highest BCUT2D eigenvalue weighted by molar-refractivity contribution is 5.94. The molecule has 2 aliphatic carbocycles. The Balaban J connectivity index is 1.83. The van der Waals surface area contributed by atoms with Crippen LogP contribution in [0.15, 0.2) is 60.2 Å². The third-order valence-electron chi connectivity index (χ3n) is 4.16. The van der Waals surface area contributed by atoms with Crippen LogP contribution in [0.2, 0.25) is 0 Å². The lowest BCUT2D eigenvalue weighted by molar-refractivity contribution is 1.25. The van der Waals surface area contributed by atoms with Gasteiger partial charge in [-0.15, -0.1) is 0 Å². The van der Waals surface area contributed by atoms with E-state index in [1.165, 1.54) is 33.4 Å². The minimum atomic E-state index is 0.957. The number of rotatable bonds is 1. The van der Waals surface area contributed by atoms with Crippen molar-refractivity contribution in [2.45, 2.75) is 12.8 Å². The highest BCUT2D eigenvalue weighted by Crippen LogP contribution is 2.40. The van der Waals surface area contributed by atoms with Gasteiger partial charge >= 0.3 is 0 Å². The Morgan fingerprint density at radius 2 is 1.47 bits per heavy atom. The largest absolute Gasteiger partial charge is 0.398 e. The molecule has 0 fully saturated rings. The van der Waals surface area contributed by atoms with Crippen molar-refractivity contribution in [3.8, 4) is 0 Å². The molecule has 1 nitrogen and oxygen atoms in total. The van der Waals surface area contributed by atoms with Gasteiger partial charge in [-0.2, -0.15) is 0 Å². The molecule has 19 heavy (non-hydrogen) atoms. The second-order valence-corrected chi connectivity index (χ2v) is 5.21. The van der Waals surface area contributed by atoms with E-state index in [1.807, 2.05) is 0 Å². The summed E-state index contributed by atoms with van der Waals surface area (Å²) in [5, 5.41) is 0. The van der Waals surface area contributed by atoms with Gasteiger partial charge in [0.1, 0.15) is 0 Å². The molecule has 0 aliphatic heterocycles. The monoisotopic (exact) mass is 245 g/mol. The van der Waals surface area contributed by atoms with E-state index in [9.17, 15) is 0 Å². The fourth-order valence-corrected chi connectivity index (χ4v) is 3.19. The van der Waals surface area contributed by atoms with E-state index in [4.69, 9.17) is 5.73 Å². The lowest BCUT2D eigenvalue weighted by atomic mass is 9.97. The molecular formula is C18H15N. The van der Waals surface area contributed by atoms with Crippen molar-refractivity contribution in [2.75, 3.05) is 0 Å². The Morgan fingerprint density at radius 1 is 0.789 bits per heavy atom. The zero-order chi connectivity index (χ0) is 12.8. The molecule has 0 atom stereocenters. The van der Waals surface area contributed by atoms with Crippen molar-refractivity contribution in [1.29, 1.82) is 0 Å². The van der Waals surface area contributed by atoms with Crippen LogP contribution in [0.5, 0.6) is 0 Å². The number of nitrogens with two attached hydrogens (primary N) is 1. The molecule has 1 heteroatoms. The fraction of sp³-hybridized carbons (Fsp3) is 0.111. The van der Waals surface area contributed by atoms with Crippen LogP contribution >= 0.6 is 0 Å². The molecule has 0 unspecified atom stereocenters. The molecule has 0 aromatic heterocycles. The van der Waals surface area contributed by atoms with Gasteiger partial charge < -0.3 is 5.73 Å². The Labute approximate surface area is 113 Å². The van der Waals surface area contributed by atoms with Gasteiger partial charge in [0.15, 0.2) is 0 Å². The molecule has 0 bridgehead atoms. The van der Waals surface area contributed by atoms with E-state index in [0.29, 0.717) is 0 Å². The van der Waals surface area contributed by atoms with Gasteiger partial charge in [-0.25, -0.2) is 0 Å². The van der Waals surface area contributed by atoms with E-state index in [-0.39, 0.29) is 0 Å². The van der Waals surface area contributed by atoms with Crippen molar-refractivity contribution in [3.05, 3.63) is 82.4 Å². The maximum Gasteiger partial charge on any atom is 0.0432 e. The average Bonchev–Trinajstić information content (AvgIpc) is 3.01. The van der Waals surface area contributed by atoms with Crippen LogP contribution in [0, 0.1) is 0 Å². The summed E-state index contributed by atoms with van der Waals surface area (Å²) in [7, 11) is 0. The molecule has 92 valence electrons. The lowest BCUT2D eigenvalue weighted by Crippen LogP contribution is -1.98. The molecular weight excluding hydrogens is 230 g/mol. The third-order valence-corrected chi connectivity index (χ3v) is 4.16. The Morgan fingerprint density at radius 3 is 2.26 bits per heavy atom. The zero-order valence-corrected chi connectivity index (χ0v) is 10.7. The molecule has 0 saturated carbocycles. The first-order chi connectivity index (χ1) is 9.34. The summed E-state index contributed by atoms with van der Waals surface area (Å²) >= 11 is 0. The van der Waals surface area contributed by atoms with Crippen molar-refractivity contribution in [1.82, 2.24) is 0 Å². The first-order valence-corrected chi connectivity index (χ1v) is 6.70. The van der Waals surface area contributed by atoms with Crippen molar-refractivity contribution >= 4 is 11.3 Å². The van der Waals surface area contributed by atoms with E-state index in [2.05, 4.69) is 54.6 Å². The van der Waals surface area contributed by atoms with Crippen LogP contribution < -0.4 is 5.73 Å². The molecule has 0 radical (unpaired) electrons. The molecule has 0 amide bonds. The van der Waals surface area contributed by atoms with E-state index >= 15 is 0 Å². The van der Waals surface area contributed by atoms with Crippen LogP contribution in [-0.4, -0.2) is 0 Å². The fourth-order valence-electron chi connectivity index (χ4n) is 3.19. The Kier molecular flexibility index (Phi) is 2.16. The van der Waals surface area contributed by atoms with Crippen LogP contribution in [0.25, 0.3) is 11.3 Å². The van der Waals surface area contributed by atoms with Crippen LogP contribution in [0.1, 0.15) is 22.3 Å². The first kappa shape index (κ1) is 10.6. The summed E-state index contributed by atoms with van der Waals surface area (Å²) in [6.07, 6.45) is 4.31. The molecule has 0 spiro atoms. The summed E-state index contributed by atoms with van der Waals surface area (Å²) in [6.45, 7) is 0. The predicted octanol–water partition coefficient (Wildman–Crippen LogP) is 3.55. The van der Waals surface area contributed by atoms with Crippen molar-refractivity contribution in [2.24, 2.45) is 5.73 Å². The van der Waals surface area contributed by atoms with Gasteiger partial charge in [0, 0.05) is 17.7 Å². The quantitative estimate of drug-likeness (QED) is 0.817. The predicted molar refractivity (Wildman–Crippen MR) is 79.4 cm³/mol. The van der Waals surface area contributed by atoms with Gasteiger partial charge in [-0.1, -0.05) is 54.6 Å². The number of benzene rings is 2. The molecule has 2 aliphatic rings. The first-order valence-electron chi connectivity index (χ1n) is 6.70. The van der Waals surface area contributed by atoms with E-state index in [1.54, 1.807) is 0 Å². The summed E-state index contributed by atoms with van der Waals surface area (Å²) < 4.78 is 0. The standard InChI is InChI=1S/C18H15N/c19-18-15-8-4-2-6-13(15)11-17(18)16-10-9-12-5-1-3-7-14(12)16/h1-8,10H,9,11,19H2. The maximum absolute atomic E-state index is 6.37. The molecule has 4 rings (SSSR count). The van der Waals surface area contributed by atoms with Crippen molar-refractivity contribution < 1.29 is 0 Å². The van der Waals surface area contributed by atoms with Crippen LogP contribution in [0.3, 0.4) is 0 Å². The molecule has 2 aromatic carbocycles. The highest BCUT2D eigenvalue weighted by Gasteiger charge is 2.25. The van der Waals surface area contributed by atoms with E-state index < -0.39 is 0 Å². The highest BCUT2D eigenvalue weighted by atomic mass is 14.6. The second-order valence-electron chi connectivity index (χ2n) is 5.21. The van der Waals surface area contributed by atoms with Gasteiger partial charge in [-0.3, -0.25) is 0 Å². The van der Waals surface area contributed by atoms with Gasteiger partial charge in [0.2, 0.25) is 0 Å². The summed E-state index contributed by atoms with van der Waals surface area (Å²) in [6, 6.07) is 17.1. The number of hydrogen-bond acceptors (Lipinski definition) is 1. The summed E-state index contributed by atoms with van der Waals surface area (Å²) in [5.74, 6) is 0. The van der Waals surface area contributed by atoms with Gasteiger partial charge in [0.05, 0.1) is 0 Å². The maximum atomic E-state index is 6.37. The SMILES string of the molecule is NC1=C(C2=CCc3ccccc32)Cc2ccccc21. The topological polar surface area (TPSA) is 26.0 Å². The van der Waals surface area contributed by atoms with Crippen LogP contribution in [0.4, 0.5) is 0 Å². The normalized spacial score (nSPS) is 16.3. The number of fused-ring (bicyclic) bond motifs is 2. The van der Waals surface area contributed by atoms with E-state index in [0.717, 1.165) is 18.5 Å². The number of allylic oxidation sites excluding steroid dienone is 3. The molecule has 0 heterocycles. The minimum Gasteiger partial charge on any atom is -0.398 e. The second kappa shape index (κ2) is 3.86. The average molecular weight is 245 g/mol. The van der Waals surface area contributed by atoms with Crippen molar-refractivity contribution in [3.63, 3.8) is 0 Å². The molecule has 0 saturated heterocycles. The zero-order valence-electron chi connectivity index (χ0n) is 10.7. The Hall–Kier alpha value is -2.28. The number of hydrogen-bond donors (Lipinski definition) is 1. The minimum absolute atomic E-state index is 0.957. The smallest absolute Gasteiger partial charge is 0.0432 e. The molecule has 2 N–H and O–H groups in total. The van der Waals surface area contributed by atoms with Gasteiger partial charge in [-0.05, 0) is 34.3 Å². The lowest BCUT2D eigenvalue weighted by Gasteiger charge is -2.08. The van der Waals surface area contributed by atoms with Crippen LogP contribution in [-0.2, 0) is 12.8 Å². The summed E-state index contributed by atoms with van der Waals surface area (Å²) in [4.78, 5) is 0. The van der Waals surface area contributed by atoms with Gasteiger partial charge in [0.25, 0.3) is 0 Å². The third kappa shape index (κ3) is 1.48.